The summed E-state index contributed by atoms with van der Waals surface area (Å²) in [6, 6.07) is 9.41. The molecule has 4 nitrogen and oxygen atoms in total. The Balaban J connectivity index is 1.67. The molecule has 1 aliphatic heterocycles. The van der Waals surface area contributed by atoms with Crippen LogP contribution in [0.15, 0.2) is 30.6 Å². The average Bonchev–Trinajstić information content (AvgIpc) is 2.94. The first kappa shape index (κ1) is 9.22. The van der Waals surface area contributed by atoms with E-state index in [1.54, 1.807) is 0 Å². The van der Waals surface area contributed by atoms with E-state index in [4.69, 9.17) is 0 Å². The smallest absolute Gasteiger partial charge is 0.155 e. The van der Waals surface area contributed by atoms with Crippen LogP contribution in [0.25, 0.3) is 0 Å². The molecule has 0 bridgehead atoms. The minimum absolute atomic E-state index is 0.287. The molecule has 0 saturated heterocycles. The van der Waals surface area contributed by atoms with E-state index in [1.807, 2.05) is 6.33 Å². The SMILES string of the molecule is c1ccc2c(c1)C[C@@H](c1nncn1C1CC1)N2. The van der Waals surface area contributed by atoms with Crippen LogP contribution in [-0.2, 0) is 6.42 Å². The van der Waals surface area contributed by atoms with Crippen molar-refractivity contribution in [2.75, 3.05) is 5.32 Å². The van der Waals surface area contributed by atoms with E-state index >= 15 is 0 Å². The molecular weight excluding hydrogens is 212 g/mol. The molecule has 0 unspecified atom stereocenters. The third-order valence-electron chi connectivity index (χ3n) is 3.62. The Hall–Kier alpha value is -1.84. The lowest BCUT2D eigenvalue weighted by molar-refractivity contribution is 0.631. The molecule has 2 heterocycles. The Kier molecular flexibility index (Phi) is 1.80. The second kappa shape index (κ2) is 3.32. The summed E-state index contributed by atoms with van der Waals surface area (Å²) in [7, 11) is 0. The first-order chi connectivity index (χ1) is 8.42. The molecule has 4 heteroatoms. The number of fused-ring (bicyclic) bond motifs is 1. The fourth-order valence-electron chi connectivity index (χ4n) is 2.59. The molecule has 1 aromatic carbocycles. The zero-order valence-electron chi connectivity index (χ0n) is 9.50. The molecule has 2 aromatic rings. The summed E-state index contributed by atoms with van der Waals surface area (Å²) in [6.07, 6.45) is 5.43. The van der Waals surface area contributed by atoms with E-state index in [9.17, 15) is 0 Å². The number of hydrogen-bond acceptors (Lipinski definition) is 3. The van der Waals surface area contributed by atoms with E-state index in [0.717, 1.165) is 12.2 Å². The van der Waals surface area contributed by atoms with Crippen molar-refractivity contribution in [2.24, 2.45) is 0 Å². The zero-order chi connectivity index (χ0) is 11.2. The summed E-state index contributed by atoms with van der Waals surface area (Å²) >= 11 is 0. The second-order valence-corrected chi connectivity index (χ2v) is 4.89. The monoisotopic (exact) mass is 226 g/mol. The van der Waals surface area contributed by atoms with E-state index in [1.165, 1.54) is 24.1 Å². The lowest BCUT2D eigenvalue weighted by Crippen LogP contribution is -2.13. The van der Waals surface area contributed by atoms with Crippen molar-refractivity contribution in [3.05, 3.63) is 42.0 Å². The van der Waals surface area contributed by atoms with Gasteiger partial charge in [-0.05, 0) is 24.5 Å². The molecule has 1 atom stereocenters. The summed E-state index contributed by atoms with van der Waals surface area (Å²) < 4.78 is 2.24. The topological polar surface area (TPSA) is 42.7 Å². The largest absolute Gasteiger partial charge is 0.375 e. The van der Waals surface area contributed by atoms with Crippen LogP contribution in [0.2, 0.25) is 0 Å². The molecule has 4 rings (SSSR count). The molecule has 1 N–H and O–H groups in total. The fraction of sp³-hybridized carbons (Fsp3) is 0.385. The molecule has 1 saturated carbocycles. The highest BCUT2D eigenvalue weighted by atomic mass is 15.3. The van der Waals surface area contributed by atoms with Crippen molar-refractivity contribution in [3.63, 3.8) is 0 Å². The molecule has 17 heavy (non-hydrogen) atoms. The Morgan fingerprint density at radius 2 is 2.12 bits per heavy atom. The normalized spacial score (nSPS) is 22.2. The van der Waals surface area contributed by atoms with Gasteiger partial charge in [0.1, 0.15) is 6.33 Å². The maximum absolute atomic E-state index is 4.29. The summed E-state index contributed by atoms with van der Waals surface area (Å²) in [6.45, 7) is 0. The van der Waals surface area contributed by atoms with Crippen LogP contribution in [0.5, 0.6) is 0 Å². The van der Waals surface area contributed by atoms with Gasteiger partial charge in [-0.25, -0.2) is 0 Å². The molecule has 86 valence electrons. The highest BCUT2D eigenvalue weighted by Gasteiger charge is 2.31. The average molecular weight is 226 g/mol. The summed E-state index contributed by atoms with van der Waals surface area (Å²) in [4.78, 5) is 0. The number of benzene rings is 1. The molecule has 0 spiro atoms. The van der Waals surface area contributed by atoms with E-state index < -0.39 is 0 Å². The molecule has 0 amide bonds. The Morgan fingerprint density at radius 3 is 2.94 bits per heavy atom. The number of hydrogen-bond donors (Lipinski definition) is 1. The minimum atomic E-state index is 0.287. The van der Waals surface area contributed by atoms with Gasteiger partial charge in [0, 0.05) is 18.2 Å². The highest BCUT2D eigenvalue weighted by molar-refractivity contribution is 5.57. The van der Waals surface area contributed by atoms with Crippen molar-refractivity contribution in [2.45, 2.75) is 31.3 Å². The number of aromatic nitrogens is 3. The number of para-hydroxylation sites is 1. The van der Waals surface area contributed by atoms with Crippen molar-refractivity contribution < 1.29 is 0 Å². The van der Waals surface area contributed by atoms with Crippen LogP contribution in [0.1, 0.15) is 36.3 Å². The molecule has 1 aliphatic carbocycles. The zero-order valence-corrected chi connectivity index (χ0v) is 9.50. The Labute approximate surface area is 99.7 Å². The number of nitrogens with one attached hydrogen (secondary N) is 1. The van der Waals surface area contributed by atoms with E-state index in [-0.39, 0.29) is 6.04 Å². The molecule has 1 aromatic heterocycles. The Bertz CT molecular complexity index is 531. The molecule has 1 fully saturated rings. The van der Waals surface area contributed by atoms with Gasteiger partial charge in [0.15, 0.2) is 5.82 Å². The van der Waals surface area contributed by atoms with Gasteiger partial charge in [-0.2, -0.15) is 0 Å². The predicted octanol–water partition coefficient (Wildman–Crippen LogP) is 2.32. The number of anilines is 1. The van der Waals surface area contributed by atoms with Crippen molar-refractivity contribution in [1.29, 1.82) is 0 Å². The lowest BCUT2D eigenvalue weighted by atomic mass is 10.1. The maximum atomic E-state index is 4.29. The summed E-state index contributed by atoms with van der Waals surface area (Å²) in [5, 5.41) is 11.9. The predicted molar refractivity (Wildman–Crippen MR) is 64.8 cm³/mol. The third kappa shape index (κ3) is 1.44. The van der Waals surface area contributed by atoms with Gasteiger partial charge in [0.25, 0.3) is 0 Å². The summed E-state index contributed by atoms with van der Waals surface area (Å²) in [5.74, 6) is 1.09. The van der Waals surface area contributed by atoms with Gasteiger partial charge in [0.05, 0.1) is 6.04 Å². The van der Waals surface area contributed by atoms with Gasteiger partial charge >= 0.3 is 0 Å². The van der Waals surface area contributed by atoms with Gasteiger partial charge in [-0.15, -0.1) is 10.2 Å². The standard InChI is InChI=1S/C13H14N4/c1-2-4-11-9(3-1)7-12(15-11)13-16-14-8-17(13)10-5-6-10/h1-4,8,10,12,15H,5-7H2/t12-/m0/s1. The third-order valence-corrected chi connectivity index (χ3v) is 3.62. The molecular formula is C13H14N4. The fourth-order valence-corrected chi connectivity index (χ4v) is 2.59. The second-order valence-electron chi connectivity index (χ2n) is 4.89. The van der Waals surface area contributed by atoms with Gasteiger partial charge in [-0.3, -0.25) is 0 Å². The van der Waals surface area contributed by atoms with Gasteiger partial charge in [0.2, 0.25) is 0 Å². The first-order valence-corrected chi connectivity index (χ1v) is 6.15. The quantitative estimate of drug-likeness (QED) is 0.854. The Morgan fingerprint density at radius 1 is 1.24 bits per heavy atom. The molecule has 2 aliphatic rings. The van der Waals surface area contributed by atoms with Crippen molar-refractivity contribution in [1.82, 2.24) is 14.8 Å². The van der Waals surface area contributed by atoms with E-state index in [2.05, 4.69) is 44.3 Å². The van der Waals surface area contributed by atoms with Crippen LogP contribution >= 0.6 is 0 Å². The first-order valence-electron chi connectivity index (χ1n) is 6.15. The van der Waals surface area contributed by atoms with E-state index in [0.29, 0.717) is 6.04 Å². The molecule has 0 radical (unpaired) electrons. The van der Waals surface area contributed by atoms with Crippen LogP contribution in [0, 0.1) is 0 Å². The minimum Gasteiger partial charge on any atom is -0.375 e. The van der Waals surface area contributed by atoms with Gasteiger partial charge in [-0.1, -0.05) is 18.2 Å². The lowest BCUT2D eigenvalue weighted by Gasteiger charge is -2.12. The van der Waals surface area contributed by atoms with Crippen molar-refractivity contribution in [3.8, 4) is 0 Å². The number of nitrogens with zero attached hydrogens (tertiary/aromatic N) is 3. The van der Waals surface area contributed by atoms with Crippen LogP contribution in [0.4, 0.5) is 5.69 Å². The maximum Gasteiger partial charge on any atom is 0.155 e. The highest BCUT2D eigenvalue weighted by Crippen LogP contribution is 2.39. The van der Waals surface area contributed by atoms with Crippen LogP contribution < -0.4 is 5.32 Å². The van der Waals surface area contributed by atoms with Gasteiger partial charge < -0.3 is 9.88 Å². The van der Waals surface area contributed by atoms with Crippen LogP contribution in [0.3, 0.4) is 0 Å². The summed E-state index contributed by atoms with van der Waals surface area (Å²) in [5.41, 5.74) is 2.62. The number of rotatable bonds is 2. The van der Waals surface area contributed by atoms with Crippen molar-refractivity contribution >= 4 is 5.69 Å². The van der Waals surface area contributed by atoms with Crippen LogP contribution in [-0.4, -0.2) is 14.8 Å².